The molecule has 2 fully saturated rings. The van der Waals surface area contributed by atoms with Gasteiger partial charge in [-0.3, -0.25) is 4.79 Å². The number of carbonyl (C=O) groups excluding carboxylic acids is 1. The number of piperazine rings is 1. The second-order valence-electron chi connectivity index (χ2n) is 9.93. The van der Waals surface area contributed by atoms with Crippen LogP contribution in [0.25, 0.3) is 5.65 Å². The van der Waals surface area contributed by atoms with Gasteiger partial charge >= 0.3 is 0 Å². The van der Waals surface area contributed by atoms with Crippen LogP contribution in [0.2, 0.25) is 5.02 Å². The number of pyridine rings is 1. The maximum Gasteiger partial charge on any atom is 0.227 e. The van der Waals surface area contributed by atoms with Crippen LogP contribution in [-0.4, -0.2) is 76.0 Å². The Morgan fingerprint density at radius 3 is 2.71 bits per heavy atom. The van der Waals surface area contributed by atoms with Crippen molar-refractivity contribution in [1.29, 1.82) is 0 Å². The molecule has 0 saturated carbocycles. The monoisotopic (exact) mass is 482 g/mol. The molecule has 0 aromatic carbocycles. The van der Waals surface area contributed by atoms with Crippen LogP contribution in [-0.2, 0) is 10.3 Å². The first-order valence-electron chi connectivity index (χ1n) is 11.7. The van der Waals surface area contributed by atoms with Gasteiger partial charge in [0.25, 0.3) is 0 Å². The third-order valence-electron chi connectivity index (χ3n) is 6.85. The van der Waals surface area contributed by atoms with Crippen LogP contribution >= 0.6 is 11.6 Å². The molecule has 34 heavy (non-hydrogen) atoms. The van der Waals surface area contributed by atoms with E-state index >= 15 is 0 Å². The molecule has 0 bridgehead atoms. The molecule has 1 atom stereocenters. The summed E-state index contributed by atoms with van der Waals surface area (Å²) >= 11 is 6.46. The van der Waals surface area contributed by atoms with Gasteiger partial charge in [0.05, 0.1) is 29.5 Å². The molecule has 2 aliphatic rings. The molecule has 5 heterocycles. The van der Waals surface area contributed by atoms with Crippen LogP contribution in [0.1, 0.15) is 26.5 Å². The van der Waals surface area contributed by atoms with Crippen LogP contribution < -0.4 is 15.1 Å². The summed E-state index contributed by atoms with van der Waals surface area (Å²) in [6.45, 7) is 10.2. The van der Waals surface area contributed by atoms with Crippen molar-refractivity contribution in [1.82, 2.24) is 29.6 Å². The molecule has 180 valence electrons. The highest BCUT2D eigenvalue weighted by atomic mass is 35.5. The first-order valence-corrected chi connectivity index (χ1v) is 12.1. The van der Waals surface area contributed by atoms with Gasteiger partial charge in [0.1, 0.15) is 10.7 Å². The Morgan fingerprint density at radius 2 is 1.94 bits per heavy atom. The highest BCUT2D eigenvalue weighted by Crippen LogP contribution is 2.32. The van der Waals surface area contributed by atoms with E-state index in [2.05, 4.69) is 44.0 Å². The molecule has 5 rings (SSSR count). The molecule has 1 N–H and O–H groups in total. The van der Waals surface area contributed by atoms with Crippen molar-refractivity contribution in [3.8, 4) is 0 Å². The van der Waals surface area contributed by atoms with Gasteiger partial charge in [-0.25, -0.2) is 9.97 Å². The minimum Gasteiger partial charge on any atom is -0.353 e. The smallest absolute Gasteiger partial charge is 0.227 e. The number of fused-ring (bicyclic) bond motifs is 1. The zero-order valence-electron chi connectivity index (χ0n) is 20.1. The summed E-state index contributed by atoms with van der Waals surface area (Å²) in [5.74, 6) is 1.28. The SMILES string of the molecule is C[C@@H]1CN(C)CCN1c1ncc(Cl)c(N2CC(C(=O)NC(C)(C)c3cnc4ccccn34)C2)n1. The molecule has 3 aromatic heterocycles. The number of imidazole rings is 1. The second kappa shape index (κ2) is 8.70. The maximum atomic E-state index is 13.1. The van der Waals surface area contributed by atoms with Crippen molar-refractivity contribution in [3.05, 3.63) is 47.5 Å². The topological polar surface area (TPSA) is 81.9 Å². The van der Waals surface area contributed by atoms with Crippen LogP contribution in [0.4, 0.5) is 11.8 Å². The lowest BCUT2D eigenvalue weighted by atomic mass is 9.95. The van der Waals surface area contributed by atoms with E-state index in [1.54, 1.807) is 6.20 Å². The molecule has 0 spiro atoms. The van der Waals surface area contributed by atoms with E-state index in [0.29, 0.717) is 35.9 Å². The van der Waals surface area contributed by atoms with Crippen LogP contribution in [0.3, 0.4) is 0 Å². The minimum atomic E-state index is -0.560. The summed E-state index contributed by atoms with van der Waals surface area (Å²) in [4.78, 5) is 33.4. The molecule has 1 amide bonds. The van der Waals surface area contributed by atoms with Crippen molar-refractivity contribution < 1.29 is 4.79 Å². The highest BCUT2D eigenvalue weighted by molar-refractivity contribution is 6.32. The summed E-state index contributed by atoms with van der Waals surface area (Å²) in [7, 11) is 2.13. The molecule has 2 saturated heterocycles. The number of hydrogen-bond donors (Lipinski definition) is 1. The van der Waals surface area contributed by atoms with E-state index < -0.39 is 5.54 Å². The number of rotatable bonds is 5. The maximum absolute atomic E-state index is 13.1. The summed E-state index contributed by atoms with van der Waals surface area (Å²) in [5.41, 5.74) is 1.24. The van der Waals surface area contributed by atoms with Crippen molar-refractivity contribution in [2.45, 2.75) is 32.4 Å². The Labute approximate surface area is 204 Å². The molecular weight excluding hydrogens is 452 g/mol. The Kier molecular flexibility index (Phi) is 5.85. The zero-order valence-corrected chi connectivity index (χ0v) is 20.8. The Morgan fingerprint density at radius 1 is 1.15 bits per heavy atom. The standard InChI is InChI=1S/C24H31ClN8O/c1-16-13-30(4)9-10-32(16)23-27-11-18(25)21(28-23)31-14-17(15-31)22(34)29-24(2,3)19-12-26-20-7-5-6-8-33(19)20/h5-8,11-12,16-17H,9-10,13-15H2,1-4H3,(H,29,34)/t16-/m1/s1. The van der Waals surface area contributed by atoms with Gasteiger partial charge < -0.3 is 24.4 Å². The van der Waals surface area contributed by atoms with Crippen LogP contribution in [0.15, 0.2) is 36.8 Å². The highest BCUT2D eigenvalue weighted by Gasteiger charge is 2.38. The lowest BCUT2D eigenvalue weighted by Gasteiger charge is -2.42. The van der Waals surface area contributed by atoms with Crippen molar-refractivity contribution >= 4 is 34.9 Å². The van der Waals surface area contributed by atoms with E-state index in [1.807, 2.05) is 48.8 Å². The van der Waals surface area contributed by atoms with Crippen molar-refractivity contribution in [2.75, 3.05) is 49.6 Å². The van der Waals surface area contributed by atoms with Crippen LogP contribution in [0.5, 0.6) is 0 Å². The normalized spacial score (nSPS) is 20.0. The number of aromatic nitrogens is 4. The predicted molar refractivity (Wildman–Crippen MR) is 133 cm³/mol. The third kappa shape index (κ3) is 4.18. The first kappa shape index (κ1) is 22.9. The average molecular weight is 483 g/mol. The van der Waals surface area contributed by atoms with Gasteiger partial charge in [0.2, 0.25) is 11.9 Å². The molecule has 0 radical (unpaired) electrons. The number of nitrogens with zero attached hydrogens (tertiary/aromatic N) is 7. The minimum absolute atomic E-state index is 0.0187. The largest absolute Gasteiger partial charge is 0.353 e. The number of halogens is 1. The molecule has 0 unspecified atom stereocenters. The molecule has 2 aliphatic heterocycles. The van der Waals surface area contributed by atoms with Crippen LogP contribution in [0, 0.1) is 5.92 Å². The van der Waals surface area contributed by atoms with E-state index in [-0.39, 0.29) is 11.8 Å². The van der Waals surface area contributed by atoms with Crippen molar-refractivity contribution in [2.24, 2.45) is 5.92 Å². The fraction of sp³-hybridized carbons (Fsp3) is 0.500. The second-order valence-corrected chi connectivity index (χ2v) is 10.3. The van der Waals surface area contributed by atoms with E-state index in [0.717, 1.165) is 31.0 Å². The van der Waals surface area contributed by atoms with E-state index in [4.69, 9.17) is 16.6 Å². The molecule has 3 aromatic rings. The molecule has 0 aliphatic carbocycles. The molecular formula is C24H31ClN8O. The Hall–Kier alpha value is -2.91. The number of likely N-dealkylation sites (N-methyl/N-ethyl adjacent to an activating group) is 1. The lowest BCUT2D eigenvalue weighted by Crippen LogP contribution is -2.57. The molecule has 10 heteroatoms. The quantitative estimate of drug-likeness (QED) is 0.598. The lowest BCUT2D eigenvalue weighted by molar-refractivity contribution is -0.127. The van der Waals surface area contributed by atoms with Gasteiger partial charge in [0.15, 0.2) is 5.82 Å². The zero-order chi connectivity index (χ0) is 24.0. The Bertz CT molecular complexity index is 1200. The van der Waals surface area contributed by atoms with Gasteiger partial charge in [-0.2, -0.15) is 4.98 Å². The Balaban J connectivity index is 1.25. The number of hydrogen-bond acceptors (Lipinski definition) is 7. The number of amides is 1. The number of carbonyl (C=O) groups is 1. The number of anilines is 2. The summed E-state index contributed by atoms with van der Waals surface area (Å²) < 4.78 is 2.01. The first-order chi connectivity index (χ1) is 16.2. The van der Waals surface area contributed by atoms with Gasteiger partial charge in [-0.05, 0) is 40.0 Å². The van der Waals surface area contributed by atoms with E-state index in [9.17, 15) is 4.79 Å². The number of nitrogens with one attached hydrogen (secondary N) is 1. The summed E-state index contributed by atoms with van der Waals surface area (Å²) in [5, 5.41) is 3.72. The fourth-order valence-corrected chi connectivity index (χ4v) is 5.04. The third-order valence-corrected chi connectivity index (χ3v) is 7.11. The van der Waals surface area contributed by atoms with Gasteiger partial charge in [0, 0.05) is 45.0 Å². The fourth-order valence-electron chi connectivity index (χ4n) is 4.83. The van der Waals surface area contributed by atoms with Gasteiger partial charge in [-0.15, -0.1) is 0 Å². The summed E-state index contributed by atoms with van der Waals surface area (Å²) in [6.07, 6.45) is 5.46. The average Bonchev–Trinajstić information content (AvgIpc) is 3.19. The van der Waals surface area contributed by atoms with Gasteiger partial charge in [-0.1, -0.05) is 17.7 Å². The van der Waals surface area contributed by atoms with Crippen molar-refractivity contribution in [3.63, 3.8) is 0 Å². The summed E-state index contributed by atoms with van der Waals surface area (Å²) in [6, 6.07) is 6.19. The predicted octanol–water partition coefficient (Wildman–Crippen LogP) is 2.41. The van der Waals surface area contributed by atoms with E-state index in [1.165, 1.54) is 0 Å². The molecule has 9 nitrogen and oxygen atoms in total.